The minimum atomic E-state index is -0.141. The highest BCUT2D eigenvalue weighted by Crippen LogP contribution is 2.16. The summed E-state index contributed by atoms with van der Waals surface area (Å²) in [6, 6.07) is 3.56. The summed E-state index contributed by atoms with van der Waals surface area (Å²) < 4.78 is 3.70. The van der Waals surface area contributed by atoms with Crippen LogP contribution in [0.2, 0.25) is 5.02 Å². The fraction of sp³-hybridized carbons (Fsp3) is 0.267. The van der Waals surface area contributed by atoms with E-state index in [9.17, 15) is 4.79 Å². The number of halogens is 1. The van der Waals surface area contributed by atoms with Crippen LogP contribution < -0.4 is 5.32 Å². The van der Waals surface area contributed by atoms with Crippen LogP contribution in [0.4, 0.5) is 0 Å². The predicted molar refractivity (Wildman–Crippen MR) is 84.1 cm³/mol. The van der Waals surface area contributed by atoms with Crippen molar-refractivity contribution in [3.05, 3.63) is 53.5 Å². The van der Waals surface area contributed by atoms with Gasteiger partial charge in [-0.15, -0.1) is 0 Å². The summed E-state index contributed by atoms with van der Waals surface area (Å²) in [5.74, 6) is -0.141. The molecule has 3 heterocycles. The van der Waals surface area contributed by atoms with E-state index in [0.717, 1.165) is 13.0 Å². The van der Waals surface area contributed by atoms with Gasteiger partial charge >= 0.3 is 0 Å². The zero-order valence-corrected chi connectivity index (χ0v) is 12.9. The number of nitrogens with one attached hydrogen (secondary N) is 1. The SMILES string of the molecule is Cc1nc2ccc(Cl)cn2c1C(=O)NCCCn1ccnc1. The van der Waals surface area contributed by atoms with Gasteiger partial charge in [0.05, 0.1) is 17.0 Å². The Bertz CT molecular complexity index is 794. The third-order valence-corrected chi connectivity index (χ3v) is 3.63. The molecule has 0 unspecified atom stereocenters. The van der Waals surface area contributed by atoms with Crippen molar-refractivity contribution in [2.24, 2.45) is 0 Å². The molecule has 0 fully saturated rings. The number of rotatable bonds is 5. The Hall–Kier alpha value is -2.34. The largest absolute Gasteiger partial charge is 0.351 e. The van der Waals surface area contributed by atoms with Crippen molar-refractivity contribution in [1.82, 2.24) is 24.3 Å². The van der Waals surface area contributed by atoms with Gasteiger partial charge in [0.25, 0.3) is 5.91 Å². The van der Waals surface area contributed by atoms with Crippen molar-refractivity contribution in [2.75, 3.05) is 6.54 Å². The van der Waals surface area contributed by atoms with Gasteiger partial charge in [-0.05, 0) is 25.5 Å². The van der Waals surface area contributed by atoms with Gasteiger partial charge in [-0.3, -0.25) is 9.20 Å². The molecule has 114 valence electrons. The molecule has 0 aliphatic rings. The molecule has 0 saturated heterocycles. The Morgan fingerprint density at radius 3 is 3.05 bits per heavy atom. The number of fused-ring (bicyclic) bond motifs is 1. The first-order valence-electron chi connectivity index (χ1n) is 7.03. The fourth-order valence-electron chi connectivity index (χ4n) is 2.38. The molecule has 3 rings (SSSR count). The molecule has 22 heavy (non-hydrogen) atoms. The van der Waals surface area contributed by atoms with Crippen LogP contribution in [-0.2, 0) is 6.54 Å². The lowest BCUT2D eigenvalue weighted by Crippen LogP contribution is -2.27. The van der Waals surface area contributed by atoms with E-state index in [4.69, 9.17) is 11.6 Å². The summed E-state index contributed by atoms with van der Waals surface area (Å²) in [5, 5.41) is 3.49. The highest BCUT2D eigenvalue weighted by Gasteiger charge is 2.16. The molecule has 0 aliphatic carbocycles. The molecule has 0 atom stereocenters. The topological polar surface area (TPSA) is 64.2 Å². The zero-order valence-electron chi connectivity index (χ0n) is 12.2. The number of hydrogen-bond acceptors (Lipinski definition) is 3. The molecule has 3 aromatic heterocycles. The molecule has 1 amide bonds. The normalized spacial score (nSPS) is 11.0. The maximum absolute atomic E-state index is 12.4. The molecular formula is C15H16ClN5O. The molecule has 0 aromatic carbocycles. The van der Waals surface area contributed by atoms with Gasteiger partial charge in [-0.1, -0.05) is 11.6 Å². The Morgan fingerprint density at radius 2 is 2.27 bits per heavy atom. The van der Waals surface area contributed by atoms with E-state index in [0.29, 0.717) is 28.6 Å². The number of carbonyl (C=O) groups excluding carboxylic acids is 1. The third-order valence-electron chi connectivity index (χ3n) is 3.41. The summed E-state index contributed by atoms with van der Waals surface area (Å²) in [7, 11) is 0. The van der Waals surface area contributed by atoms with Crippen LogP contribution in [-0.4, -0.2) is 31.4 Å². The lowest BCUT2D eigenvalue weighted by Gasteiger charge is -2.06. The fourth-order valence-corrected chi connectivity index (χ4v) is 2.54. The van der Waals surface area contributed by atoms with Gasteiger partial charge < -0.3 is 9.88 Å². The van der Waals surface area contributed by atoms with Crippen LogP contribution >= 0.6 is 11.6 Å². The predicted octanol–water partition coefficient (Wildman–Crippen LogP) is 2.31. The van der Waals surface area contributed by atoms with E-state index in [1.165, 1.54) is 0 Å². The molecule has 6 nitrogen and oxygen atoms in total. The lowest BCUT2D eigenvalue weighted by atomic mass is 10.3. The monoisotopic (exact) mass is 317 g/mol. The Balaban J connectivity index is 1.67. The molecule has 0 spiro atoms. The Kier molecular flexibility index (Phi) is 4.11. The van der Waals surface area contributed by atoms with Gasteiger partial charge in [-0.2, -0.15) is 0 Å². The van der Waals surface area contributed by atoms with Gasteiger partial charge in [-0.25, -0.2) is 9.97 Å². The molecule has 1 N–H and O–H groups in total. The smallest absolute Gasteiger partial charge is 0.270 e. The maximum atomic E-state index is 12.4. The lowest BCUT2D eigenvalue weighted by molar-refractivity contribution is 0.0946. The van der Waals surface area contributed by atoms with Crippen LogP contribution in [0.15, 0.2) is 37.1 Å². The van der Waals surface area contributed by atoms with Crippen LogP contribution in [0.5, 0.6) is 0 Å². The van der Waals surface area contributed by atoms with E-state index in [-0.39, 0.29) is 5.91 Å². The minimum Gasteiger partial charge on any atom is -0.351 e. The maximum Gasteiger partial charge on any atom is 0.270 e. The second-order valence-electron chi connectivity index (χ2n) is 5.03. The molecule has 0 aliphatic heterocycles. The summed E-state index contributed by atoms with van der Waals surface area (Å²) in [6.45, 7) is 3.23. The number of hydrogen-bond donors (Lipinski definition) is 1. The molecule has 0 saturated carbocycles. The Labute approximate surface area is 132 Å². The van der Waals surface area contributed by atoms with Gasteiger partial charge in [0, 0.05) is 31.7 Å². The van der Waals surface area contributed by atoms with Crippen molar-refractivity contribution in [1.29, 1.82) is 0 Å². The van der Waals surface area contributed by atoms with Crippen molar-refractivity contribution in [2.45, 2.75) is 19.9 Å². The van der Waals surface area contributed by atoms with Crippen molar-refractivity contribution < 1.29 is 4.79 Å². The quantitative estimate of drug-likeness (QED) is 0.734. The minimum absolute atomic E-state index is 0.141. The summed E-state index contributed by atoms with van der Waals surface area (Å²) in [5.41, 5.74) is 1.93. The van der Waals surface area contributed by atoms with Crippen molar-refractivity contribution >= 4 is 23.2 Å². The van der Waals surface area contributed by atoms with E-state index >= 15 is 0 Å². The number of nitrogens with zero attached hydrogens (tertiary/aromatic N) is 4. The molecular weight excluding hydrogens is 302 g/mol. The highest BCUT2D eigenvalue weighted by molar-refractivity contribution is 6.30. The first-order valence-corrected chi connectivity index (χ1v) is 7.41. The summed E-state index contributed by atoms with van der Waals surface area (Å²) >= 11 is 6.00. The summed E-state index contributed by atoms with van der Waals surface area (Å²) in [4.78, 5) is 20.7. The Morgan fingerprint density at radius 1 is 1.41 bits per heavy atom. The molecule has 3 aromatic rings. The number of carbonyl (C=O) groups is 1. The molecule has 7 heteroatoms. The van der Waals surface area contributed by atoms with E-state index in [1.807, 2.05) is 17.7 Å². The third kappa shape index (κ3) is 2.96. The average molecular weight is 318 g/mol. The first kappa shape index (κ1) is 14.6. The molecule has 0 bridgehead atoms. The number of aromatic nitrogens is 4. The molecule has 0 radical (unpaired) electrons. The number of imidazole rings is 2. The van der Waals surface area contributed by atoms with Gasteiger partial charge in [0.1, 0.15) is 11.3 Å². The average Bonchev–Trinajstić information content (AvgIpc) is 3.10. The summed E-state index contributed by atoms with van der Waals surface area (Å²) in [6.07, 6.45) is 7.94. The van der Waals surface area contributed by atoms with E-state index in [1.54, 1.807) is 35.3 Å². The zero-order chi connectivity index (χ0) is 15.5. The number of aryl methyl sites for hydroxylation is 2. The number of pyridine rings is 1. The van der Waals surface area contributed by atoms with E-state index < -0.39 is 0 Å². The van der Waals surface area contributed by atoms with Crippen LogP contribution in [0.25, 0.3) is 5.65 Å². The highest BCUT2D eigenvalue weighted by atomic mass is 35.5. The van der Waals surface area contributed by atoms with E-state index in [2.05, 4.69) is 15.3 Å². The van der Waals surface area contributed by atoms with Gasteiger partial charge in [0.2, 0.25) is 0 Å². The first-order chi connectivity index (χ1) is 10.6. The van der Waals surface area contributed by atoms with Crippen LogP contribution in [0.1, 0.15) is 22.6 Å². The van der Waals surface area contributed by atoms with Gasteiger partial charge in [0.15, 0.2) is 0 Å². The number of amides is 1. The van der Waals surface area contributed by atoms with Crippen LogP contribution in [0.3, 0.4) is 0 Å². The van der Waals surface area contributed by atoms with Crippen molar-refractivity contribution in [3.8, 4) is 0 Å². The van der Waals surface area contributed by atoms with Crippen LogP contribution in [0, 0.1) is 6.92 Å². The standard InChI is InChI=1S/C15H16ClN5O/c1-11-14(21-9-12(16)3-4-13(21)19-11)15(22)18-5-2-7-20-8-6-17-10-20/h3-4,6,8-10H,2,5,7H2,1H3,(H,18,22). The second kappa shape index (κ2) is 6.19. The second-order valence-corrected chi connectivity index (χ2v) is 5.47. The van der Waals surface area contributed by atoms with Crippen molar-refractivity contribution in [3.63, 3.8) is 0 Å².